The number of carbonyl (C=O) groups is 1. The molecule has 0 saturated heterocycles. The van der Waals surface area contributed by atoms with Gasteiger partial charge in [0.1, 0.15) is 0 Å². The molecule has 5 heteroatoms. The van der Waals surface area contributed by atoms with Gasteiger partial charge in [-0.1, -0.05) is 46.9 Å². The second kappa shape index (κ2) is 4.61. The van der Waals surface area contributed by atoms with Crippen LogP contribution in [0.2, 0.25) is 0 Å². The molecule has 1 aromatic rings. The lowest BCUT2D eigenvalue weighted by molar-refractivity contribution is 0.101. The maximum Gasteiger partial charge on any atom is 0.191 e. The molecule has 82 valence electrons. The van der Waals surface area contributed by atoms with E-state index in [1.165, 1.54) is 0 Å². The molecule has 0 fully saturated rings. The lowest BCUT2D eigenvalue weighted by Crippen LogP contribution is -2.23. The number of Topliss-reactive ketones (excluding diaryl/α,β-unsaturated/α-hetero) is 1. The highest BCUT2D eigenvalue weighted by Crippen LogP contribution is 2.18. The third kappa shape index (κ3) is 3.01. The van der Waals surface area contributed by atoms with Crippen molar-refractivity contribution in [3.63, 3.8) is 0 Å². The smallest absolute Gasteiger partial charge is 0.191 e. The van der Waals surface area contributed by atoms with E-state index in [-0.39, 0.29) is 5.78 Å². The normalized spacial score (nSPS) is 13.5. The zero-order valence-electron chi connectivity index (χ0n) is 8.40. The lowest BCUT2D eigenvalue weighted by atomic mass is 10.1. The van der Waals surface area contributed by atoms with Crippen LogP contribution in [-0.4, -0.2) is 23.7 Å². The van der Waals surface area contributed by atoms with Gasteiger partial charge in [0, 0.05) is 11.8 Å². The molecular formula is C10H11IO3S. The van der Waals surface area contributed by atoms with Gasteiger partial charge in [0.15, 0.2) is 18.9 Å². The minimum atomic E-state index is -3.33. The molecule has 15 heavy (non-hydrogen) atoms. The Bertz CT molecular complexity index is 479. The van der Waals surface area contributed by atoms with Crippen LogP contribution in [0.4, 0.5) is 0 Å². The topological polar surface area (TPSA) is 51.2 Å². The van der Waals surface area contributed by atoms with E-state index < -0.39 is 13.1 Å². The standard InChI is InChI=1S/C10H11IO3S/c1-7-5-3-4-6-8(7)9(12)10(11)15(2,13)14/h3-6,10H,1-2H3. The zero-order valence-corrected chi connectivity index (χ0v) is 11.4. The Hall–Kier alpha value is -0.430. The average molecular weight is 338 g/mol. The summed E-state index contributed by atoms with van der Waals surface area (Å²) < 4.78 is 21.5. The van der Waals surface area contributed by atoms with E-state index in [2.05, 4.69) is 0 Å². The third-order valence-corrected chi connectivity index (χ3v) is 6.30. The van der Waals surface area contributed by atoms with Gasteiger partial charge < -0.3 is 0 Å². The maximum atomic E-state index is 11.8. The van der Waals surface area contributed by atoms with Gasteiger partial charge >= 0.3 is 0 Å². The highest BCUT2D eigenvalue weighted by molar-refractivity contribution is 14.1. The predicted molar refractivity (Wildman–Crippen MR) is 68.2 cm³/mol. The van der Waals surface area contributed by atoms with Crippen molar-refractivity contribution in [2.45, 2.75) is 10.2 Å². The Morgan fingerprint density at radius 3 is 2.33 bits per heavy atom. The number of rotatable bonds is 3. The van der Waals surface area contributed by atoms with Crippen LogP contribution in [0.1, 0.15) is 15.9 Å². The molecule has 0 aliphatic rings. The highest BCUT2D eigenvalue weighted by Gasteiger charge is 2.27. The van der Waals surface area contributed by atoms with Gasteiger partial charge in [0.25, 0.3) is 0 Å². The van der Waals surface area contributed by atoms with E-state index >= 15 is 0 Å². The first-order valence-corrected chi connectivity index (χ1v) is 7.47. The summed E-state index contributed by atoms with van der Waals surface area (Å²) >= 11 is 1.66. The zero-order chi connectivity index (χ0) is 11.6. The van der Waals surface area contributed by atoms with E-state index in [1.54, 1.807) is 47.7 Å². The van der Waals surface area contributed by atoms with Crippen molar-refractivity contribution in [3.05, 3.63) is 35.4 Å². The van der Waals surface area contributed by atoms with Crippen molar-refractivity contribution in [3.8, 4) is 0 Å². The lowest BCUT2D eigenvalue weighted by Gasteiger charge is -2.08. The monoisotopic (exact) mass is 338 g/mol. The Morgan fingerprint density at radius 1 is 1.33 bits per heavy atom. The van der Waals surface area contributed by atoms with Crippen LogP contribution < -0.4 is 0 Å². The van der Waals surface area contributed by atoms with E-state index in [0.29, 0.717) is 5.56 Å². The van der Waals surface area contributed by atoms with Crippen molar-refractivity contribution in [2.24, 2.45) is 0 Å². The van der Waals surface area contributed by atoms with Crippen LogP contribution in [0.3, 0.4) is 0 Å². The summed E-state index contributed by atoms with van der Waals surface area (Å²) in [5, 5.41) is 0. The van der Waals surface area contributed by atoms with E-state index in [0.717, 1.165) is 11.8 Å². The number of hydrogen-bond acceptors (Lipinski definition) is 3. The Labute approximate surface area is 103 Å². The predicted octanol–water partition coefficient (Wildman–Crippen LogP) is 1.98. The largest absolute Gasteiger partial charge is 0.292 e. The Morgan fingerprint density at radius 2 is 1.87 bits per heavy atom. The molecule has 0 radical (unpaired) electrons. The summed E-state index contributed by atoms with van der Waals surface area (Å²) in [6.45, 7) is 1.79. The van der Waals surface area contributed by atoms with Crippen LogP contribution in [0.25, 0.3) is 0 Å². The highest BCUT2D eigenvalue weighted by atomic mass is 127. The minimum absolute atomic E-state index is 0.351. The fourth-order valence-corrected chi connectivity index (χ4v) is 2.02. The molecule has 1 atom stereocenters. The van der Waals surface area contributed by atoms with Crippen molar-refractivity contribution in [2.75, 3.05) is 6.26 Å². The van der Waals surface area contributed by atoms with Crippen LogP contribution >= 0.6 is 22.6 Å². The third-order valence-electron chi connectivity index (χ3n) is 1.99. The molecule has 1 aromatic carbocycles. The van der Waals surface area contributed by atoms with Gasteiger partial charge in [-0.2, -0.15) is 0 Å². The molecule has 0 bridgehead atoms. The van der Waals surface area contributed by atoms with Gasteiger partial charge in [0.05, 0.1) is 0 Å². The van der Waals surface area contributed by atoms with E-state index in [4.69, 9.17) is 0 Å². The Balaban J connectivity index is 3.12. The van der Waals surface area contributed by atoms with Crippen molar-refractivity contribution in [1.82, 2.24) is 0 Å². The summed E-state index contributed by atoms with van der Waals surface area (Å²) in [4.78, 5) is 11.8. The molecule has 3 nitrogen and oxygen atoms in total. The van der Waals surface area contributed by atoms with Crippen LogP contribution in [0.5, 0.6) is 0 Å². The average Bonchev–Trinajstić information content (AvgIpc) is 2.15. The molecule has 0 aliphatic heterocycles. The van der Waals surface area contributed by atoms with E-state index in [1.807, 2.05) is 6.07 Å². The maximum absolute atomic E-state index is 11.8. The molecule has 0 aliphatic carbocycles. The number of hydrogen-bond donors (Lipinski definition) is 0. The van der Waals surface area contributed by atoms with Gasteiger partial charge in [-0.25, -0.2) is 8.42 Å². The summed E-state index contributed by atoms with van der Waals surface area (Å²) in [5.41, 5.74) is 1.27. The first kappa shape index (κ1) is 12.6. The number of aryl methyl sites for hydroxylation is 1. The first-order valence-electron chi connectivity index (χ1n) is 4.27. The molecular weight excluding hydrogens is 327 g/mol. The summed E-state index contributed by atoms with van der Waals surface area (Å²) in [6.07, 6.45) is 1.07. The van der Waals surface area contributed by atoms with Crippen molar-refractivity contribution >= 4 is 38.2 Å². The summed E-state index contributed by atoms with van der Waals surface area (Å²) in [6, 6.07) is 6.98. The molecule has 0 N–H and O–H groups in total. The molecule has 1 unspecified atom stereocenters. The van der Waals surface area contributed by atoms with Crippen LogP contribution in [-0.2, 0) is 9.84 Å². The number of halogens is 1. The number of alkyl halides is 1. The second-order valence-electron chi connectivity index (χ2n) is 3.32. The minimum Gasteiger partial charge on any atom is -0.292 e. The van der Waals surface area contributed by atoms with Gasteiger partial charge in [-0.15, -0.1) is 0 Å². The van der Waals surface area contributed by atoms with Crippen LogP contribution in [0, 0.1) is 6.92 Å². The van der Waals surface area contributed by atoms with Gasteiger partial charge in [-0.05, 0) is 12.5 Å². The van der Waals surface area contributed by atoms with Crippen molar-refractivity contribution < 1.29 is 13.2 Å². The molecule has 0 spiro atoms. The van der Waals surface area contributed by atoms with Crippen LogP contribution in [0.15, 0.2) is 24.3 Å². The number of carbonyl (C=O) groups excluding carboxylic acids is 1. The fraction of sp³-hybridized carbons (Fsp3) is 0.300. The molecule has 0 amide bonds. The SMILES string of the molecule is Cc1ccccc1C(=O)C(I)S(C)(=O)=O. The second-order valence-corrected chi connectivity index (χ2v) is 7.55. The quantitative estimate of drug-likeness (QED) is 0.481. The Kier molecular flexibility index (Phi) is 3.88. The van der Waals surface area contributed by atoms with E-state index in [9.17, 15) is 13.2 Å². The molecule has 1 rings (SSSR count). The number of ketones is 1. The fourth-order valence-electron chi connectivity index (χ4n) is 1.17. The van der Waals surface area contributed by atoms with Gasteiger partial charge in [-0.3, -0.25) is 4.79 Å². The molecule has 0 heterocycles. The number of sulfone groups is 1. The first-order chi connectivity index (χ1) is 6.84. The molecule has 0 saturated carbocycles. The number of benzene rings is 1. The summed E-state index contributed by atoms with van der Waals surface area (Å²) in [5.74, 6) is -0.351. The molecule has 0 aromatic heterocycles. The van der Waals surface area contributed by atoms with Gasteiger partial charge in [0.2, 0.25) is 0 Å². The van der Waals surface area contributed by atoms with Crippen molar-refractivity contribution in [1.29, 1.82) is 0 Å². The summed E-state index contributed by atoms with van der Waals surface area (Å²) in [7, 11) is -3.33.